The van der Waals surface area contributed by atoms with E-state index in [2.05, 4.69) is 35.8 Å². The molecule has 5 nitrogen and oxygen atoms in total. The fraction of sp³-hybridized carbons (Fsp3) is 0.316. The molecule has 4 rings (SSSR count). The van der Waals surface area contributed by atoms with Gasteiger partial charge < -0.3 is 20.1 Å². The van der Waals surface area contributed by atoms with Crippen LogP contribution in [0.2, 0.25) is 0 Å². The Morgan fingerprint density at radius 3 is 3.08 bits per heavy atom. The van der Waals surface area contributed by atoms with Crippen LogP contribution in [-0.4, -0.2) is 25.2 Å². The van der Waals surface area contributed by atoms with Gasteiger partial charge in [-0.15, -0.1) is 0 Å². The average Bonchev–Trinajstić information content (AvgIpc) is 2.59. The summed E-state index contributed by atoms with van der Waals surface area (Å²) < 4.78 is 11.3. The number of aryl methyl sites for hydroxylation is 1. The Balaban J connectivity index is 1.41. The Hall–Kier alpha value is -2.53. The molecule has 2 aliphatic heterocycles. The van der Waals surface area contributed by atoms with Gasteiger partial charge in [-0.25, -0.2) is 0 Å². The van der Waals surface area contributed by atoms with Crippen LogP contribution in [0, 0.1) is 6.92 Å². The molecule has 2 aromatic rings. The van der Waals surface area contributed by atoms with Crippen LogP contribution in [0.1, 0.15) is 16.7 Å². The van der Waals surface area contributed by atoms with Gasteiger partial charge >= 0.3 is 0 Å². The molecular formula is C19H20N2O3. The van der Waals surface area contributed by atoms with Crippen molar-refractivity contribution in [2.45, 2.75) is 25.9 Å². The zero-order valence-electron chi connectivity index (χ0n) is 13.6. The van der Waals surface area contributed by atoms with E-state index in [9.17, 15) is 4.79 Å². The number of carbonyl (C=O) groups is 1. The third kappa shape index (κ3) is 2.95. The lowest BCUT2D eigenvalue weighted by Gasteiger charge is -2.27. The van der Waals surface area contributed by atoms with E-state index in [1.807, 2.05) is 18.2 Å². The van der Waals surface area contributed by atoms with E-state index >= 15 is 0 Å². The first-order chi connectivity index (χ1) is 11.7. The molecule has 124 valence electrons. The normalized spacial score (nSPS) is 18.7. The number of para-hydroxylation sites is 1. The maximum Gasteiger partial charge on any atom is 0.262 e. The van der Waals surface area contributed by atoms with Crippen LogP contribution in [-0.2, 0) is 17.8 Å². The summed E-state index contributed by atoms with van der Waals surface area (Å²) in [5, 5.41) is 6.38. The van der Waals surface area contributed by atoms with E-state index < -0.39 is 0 Å². The molecular weight excluding hydrogens is 304 g/mol. The molecule has 0 spiro atoms. The van der Waals surface area contributed by atoms with E-state index in [4.69, 9.17) is 9.47 Å². The summed E-state index contributed by atoms with van der Waals surface area (Å²) in [5.41, 5.74) is 4.29. The van der Waals surface area contributed by atoms with Gasteiger partial charge in [0.2, 0.25) is 0 Å². The smallest absolute Gasteiger partial charge is 0.262 e. The van der Waals surface area contributed by atoms with Gasteiger partial charge in [0.1, 0.15) is 18.1 Å². The molecule has 1 atom stereocenters. The number of rotatable bonds is 3. The monoisotopic (exact) mass is 324 g/mol. The highest BCUT2D eigenvalue weighted by molar-refractivity contribution is 5.95. The second kappa shape index (κ2) is 6.17. The number of hydrogen-bond acceptors (Lipinski definition) is 4. The van der Waals surface area contributed by atoms with Gasteiger partial charge in [0, 0.05) is 12.6 Å². The number of nitrogens with one attached hydrogen (secondary N) is 2. The van der Waals surface area contributed by atoms with Gasteiger partial charge in [-0.05, 0) is 42.2 Å². The Labute approximate surface area is 141 Å². The van der Waals surface area contributed by atoms with Gasteiger partial charge in [0.25, 0.3) is 5.91 Å². The summed E-state index contributed by atoms with van der Waals surface area (Å²) >= 11 is 0. The molecule has 0 saturated carbocycles. The third-order valence-electron chi connectivity index (χ3n) is 4.46. The summed E-state index contributed by atoms with van der Waals surface area (Å²) in [6.07, 6.45) is 0.960. The Bertz CT molecular complexity index is 788. The fourth-order valence-corrected chi connectivity index (χ4v) is 3.22. The number of ether oxygens (including phenoxy) is 2. The van der Waals surface area contributed by atoms with Gasteiger partial charge in [0.05, 0.1) is 5.69 Å². The van der Waals surface area contributed by atoms with Crippen LogP contribution < -0.4 is 20.1 Å². The summed E-state index contributed by atoms with van der Waals surface area (Å²) in [6, 6.07) is 12.4. The maximum atomic E-state index is 11.4. The molecule has 0 saturated heterocycles. The second-order valence-corrected chi connectivity index (χ2v) is 6.32. The molecule has 0 aliphatic carbocycles. The van der Waals surface area contributed by atoms with Crippen molar-refractivity contribution in [3.63, 3.8) is 0 Å². The van der Waals surface area contributed by atoms with E-state index in [1.165, 1.54) is 11.1 Å². The SMILES string of the molecule is Cc1cccc2c1OC[C@@H](NCc1ccc3c(c1)NC(=O)CO3)C2. The highest BCUT2D eigenvalue weighted by atomic mass is 16.5. The molecule has 2 aliphatic rings. The molecule has 0 fully saturated rings. The Morgan fingerprint density at radius 1 is 1.25 bits per heavy atom. The molecule has 2 heterocycles. The van der Waals surface area contributed by atoms with Gasteiger partial charge in [-0.3, -0.25) is 4.79 Å². The molecule has 24 heavy (non-hydrogen) atoms. The van der Waals surface area contributed by atoms with Crippen LogP contribution >= 0.6 is 0 Å². The Kier molecular flexibility index (Phi) is 3.86. The predicted molar refractivity (Wildman–Crippen MR) is 91.6 cm³/mol. The predicted octanol–water partition coefficient (Wildman–Crippen LogP) is 2.42. The molecule has 0 bridgehead atoms. The third-order valence-corrected chi connectivity index (χ3v) is 4.46. The standard InChI is InChI=1S/C19H20N2O3/c1-12-3-2-4-14-8-15(10-24-19(12)14)20-9-13-5-6-17-16(7-13)21-18(22)11-23-17/h2-7,15,20H,8-11H2,1H3,(H,21,22)/t15-/m0/s1. The highest BCUT2D eigenvalue weighted by Gasteiger charge is 2.21. The van der Waals surface area contributed by atoms with Crippen LogP contribution in [0.3, 0.4) is 0 Å². The van der Waals surface area contributed by atoms with E-state index in [1.54, 1.807) is 0 Å². The first kappa shape index (κ1) is 15.0. The van der Waals surface area contributed by atoms with Gasteiger partial charge in [-0.1, -0.05) is 24.3 Å². The van der Waals surface area contributed by atoms with Crippen LogP contribution in [0.15, 0.2) is 36.4 Å². The van der Waals surface area contributed by atoms with E-state index in [-0.39, 0.29) is 18.6 Å². The van der Waals surface area contributed by atoms with Crippen molar-refractivity contribution in [3.05, 3.63) is 53.1 Å². The summed E-state index contributed by atoms with van der Waals surface area (Å²) in [5.74, 6) is 1.65. The minimum Gasteiger partial charge on any atom is -0.491 e. The van der Waals surface area contributed by atoms with Gasteiger partial charge in [0.15, 0.2) is 6.61 Å². The molecule has 5 heteroatoms. The topological polar surface area (TPSA) is 59.6 Å². The number of fused-ring (bicyclic) bond motifs is 2. The zero-order valence-corrected chi connectivity index (χ0v) is 13.6. The van der Waals surface area contributed by atoms with Crippen molar-refractivity contribution in [2.24, 2.45) is 0 Å². The summed E-state index contributed by atoms with van der Waals surface area (Å²) in [7, 11) is 0. The number of anilines is 1. The molecule has 0 unspecified atom stereocenters. The van der Waals surface area contributed by atoms with Crippen molar-refractivity contribution in [1.29, 1.82) is 0 Å². The van der Waals surface area contributed by atoms with Crippen LogP contribution in [0.25, 0.3) is 0 Å². The molecule has 0 radical (unpaired) electrons. The number of benzene rings is 2. The molecule has 2 aromatic carbocycles. The second-order valence-electron chi connectivity index (χ2n) is 6.32. The lowest BCUT2D eigenvalue weighted by atomic mass is 10.00. The molecule has 0 aromatic heterocycles. The average molecular weight is 324 g/mol. The number of carbonyl (C=O) groups excluding carboxylic acids is 1. The van der Waals surface area contributed by atoms with Crippen molar-refractivity contribution in [3.8, 4) is 11.5 Å². The highest BCUT2D eigenvalue weighted by Crippen LogP contribution is 2.30. The number of hydrogen-bond donors (Lipinski definition) is 2. The van der Waals surface area contributed by atoms with Crippen LogP contribution in [0.5, 0.6) is 11.5 Å². The zero-order chi connectivity index (χ0) is 16.5. The van der Waals surface area contributed by atoms with E-state index in [0.717, 1.165) is 35.7 Å². The minimum atomic E-state index is -0.111. The maximum absolute atomic E-state index is 11.4. The van der Waals surface area contributed by atoms with Crippen molar-refractivity contribution in [1.82, 2.24) is 5.32 Å². The van der Waals surface area contributed by atoms with E-state index in [0.29, 0.717) is 6.61 Å². The first-order valence-electron chi connectivity index (χ1n) is 8.19. The summed E-state index contributed by atoms with van der Waals surface area (Å²) in [4.78, 5) is 11.4. The van der Waals surface area contributed by atoms with Crippen LogP contribution in [0.4, 0.5) is 5.69 Å². The lowest BCUT2D eigenvalue weighted by molar-refractivity contribution is -0.118. The molecule has 1 amide bonds. The summed E-state index contributed by atoms with van der Waals surface area (Å²) in [6.45, 7) is 3.56. The quantitative estimate of drug-likeness (QED) is 0.910. The number of amides is 1. The van der Waals surface area contributed by atoms with Crippen molar-refractivity contribution < 1.29 is 14.3 Å². The van der Waals surface area contributed by atoms with Crippen molar-refractivity contribution >= 4 is 11.6 Å². The molecule has 2 N–H and O–H groups in total. The first-order valence-corrected chi connectivity index (χ1v) is 8.19. The van der Waals surface area contributed by atoms with Gasteiger partial charge in [-0.2, -0.15) is 0 Å². The minimum absolute atomic E-state index is 0.0861. The van der Waals surface area contributed by atoms with Crippen molar-refractivity contribution in [2.75, 3.05) is 18.5 Å². The fourth-order valence-electron chi connectivity index (χ4n) is 3.22. The largest absolute Gasteiger partial charge is 0.491 e. The lowest BCUT2D eigenvalue weighted by Crippen LogP contribution is -2.39. The Morgan fingerprint density at radius 2 is 2.17 bits per heavy atom.